The highest BCUT2D eigenvalue weighted by Crippen LogP contribution is 2.12. The van der Waals surface area contributed by atoms with Gasteiger partial charge in [-0.1, -0.05) is 18.2 Å². The van der Waals surface area contributed by atoms with Crippen LogP contribution in [-0.4, -0.2) is 9.97 Å². The van der Waals surface area contributed by atoms with Crippen LogP contribution in [0.25, 0.3) is 0 Å². The number of anilines is 1. The molecule has 1 aromatic heterocycles. The molecule has 0 fully saturated rings. The SMILES string of the molecule is Nc1nc(COc2ccccc2)ncc1I. The molecule has 0 saturated heterocycles. The summed E-state index contributed by atoms with van der Waals surface area (Å²) in [5.74, 6) is 1.87. The molecule has 0 amide bonds. The summed E-state index contributed by atoms with van der Waals surface area (Å²) in [6.07, 6.45) is 1.69. The molecule has 16 heavy (non-hydrogen) atoms. The smallest absolute Gasteiger partial charge is 0.168 e. The lowest BCUT2D eigenvalue weighted by Crippen LogP contribution is -2.05. The number of nitrogens with two attached hydrogens (primary N) is 1. The first-order valence-corrected chi connectivity index (χ1v) is 5.78. The molecule has 5 heteroatoms. The van der Waals surface area contributed by atoms with Gasteiger partial charge in [0.05, 0.1) is 3.57 Å². The third kappa shape index (κ3) is 2.82. The number of nitrogen functional groups attached to an aromatic ring is 1. The van der Waals surface area contributed by atoms with E-state index < -0.39 is 0 Å². The second kappa shape index (κ2) is 5.11. The van der Waals surface area contributed by atoms with Gasteiger partial charge in [0.2, 0.25) is 0 Å². The molecule has 2 rings (SSSR count). The Bertz CT molecular complexity index is 476. The molecule has 2 aromatic rings. The molecule has 0 aliphatic heterocycles. The Morgan fingerprint density at radius 1 is 1.25 bits per heavy atom. The fourth-order valence-corrected chi connectivity index (χ4v) is 1.41. The third-order valence-corrected chi connectivity index (χ3v) is 2.76. The van der Waals surface area contributed by atoms with Gasteiger partial charge in [0.1, 0.15) is 18.2 Å². The highest BCUT2D eigenvalue weighted by atomic mass is 127. The van der Waals surface area contributed by atoms with Crippen molar-refractivity contribution in [2.45, 2.75) is 6.61 Å². The van der Waals surface area contributed by atoms with Gasteiger partial charge in [-0.15, -0.1) is 0 Å². The predicted molar refractivity (Wildman–Crippen MR) is 69.9 cm³/mol. The lowest BCUT2D eigenvalue weighted by molar-refractivity contribution is 0.296. The molecule has 4 nitrogen and oxygen atoms in total. The van der Waals surface area contributed by atoms with E-state index >= 15 is 0 Å². The van der Waals surface area contributed by atoms with Crippen molar-refractivity contribution in [3.05, 3.63) is 45.9 Å². The maximum Gasteiger partial charge on any atom is 0.168 e. The Kier molecular flexibility index (Phi) is 3.55. The van der Waals surface area contributed by atoms with Gasteiger partial charge in [0.15, 0.2) is 5.82 Å². The Labute approximate surface area is 107 Å². The first-order chi connectivity index (χ1) is 7.75. The molecule has 0 saturated carbocycles. The summed E-state index contributed by atoms with van der Waals surface area (Å²) in [5.41, 5.74) is 5.68. The Balaban J connectivity index is 2.03. The minimum Gasteiger partial charge on any atom is -0.486 e. The van der Waals surface area contributed by atoms with Gasteiger partial charge in [0.25, 0.3) is 0 Å². The standard InChI is InChI=1S/C11H10IN3O/c12-9-6-14-10(15-11(9)13)7-16-8-4-2-1-3-5-8/h1-6H,7H2,(H2,13,14,15). The summed E-state index contributed by atoms with van der Waals surface area (Å²) in [4.78, 5) is 8.25. The fraction of sp³-hybridized carbons (Fsp3) is 0.0909. The number of halogens is 1. The zero-order valence-electron chi connectivity index (χ0n) is 8.43. The van der Waals surface area contributed by atoms with Crippen LogP contribution in [0.4, 0.5) is 5.82 Å². The number of ether oxygens (including phenoxy) is 1. The van der Waals surface area contributed by atoms with Crippen molar-refractivity contribution < 1.29 is 4.74 Å². The molecule has 0 spiro atoms. The summed E-state index contributed by atoms with van der Waals surface area (Å²) < 4.78 is 6.35. The van der Waals surface area contributed by atoms with E-state index in [0.29, 0.717) is 18.2 Å². The normalized spacial score (nSPS) is 10.1. The summed E-state index contributed by atoms with van der Waals surface area (Å²) in [6, 6.07) is 9.54. The van der Waals surface area contributed by atoms with Crippen LogP contribution < -0.4 is 10.5 Å². The largest absolute Gasteiger partial charge is 0.486 e. The summed E-state index contributed by atoms with van der Waals surface area (Å²) in [7, 11) is 0. The van der Waals surface area contributed by atoms with Crippen LogP contribution in [0.3, 0.4) is 0 Å². The zero-order chi connectivity index (χ0) is 11.4. The number of para-hydroxylation sites is 1. The second-order valence-electron chi connectivity index (χ2n) is 3.12. The fourth-order valence-electron chi connectivity index (χ4n) is 1.15. The van der Waals surface area contributed by atoms with Crippen molar-refractivity contribution in [2.24, 2.45) is 0 Å². The molecule has 1 aromatic carbocycles. The van der Waals surface area contributed by atoms with Crippen molar-refractivity contribution in [1.82, 2.24) is 9.97 Å². The molecule has 0 bridgehead atoms. The summed E-state index contributed by atoms with van der Waals surface area (Å²) in [5, 5.41) is 0. The maximum absolute atomic E-state index is 5.68. The van der Waals surface area contributed by atoms with Crippen LogP contribution in [-0.2, 0) is 6.61 Å². The zero-order valence-corrected chi connectivity index (χ0v) is 10.6. The molecule has 0 radical (unpaired) electrons. The van der Waals surface area contributed by atoms with Crippen molar-refractivity contribution in [3.8, 4) is 5.75 Å². The van der Waals surface area contributed by atoms with Crippen LogP contribution >= 0.6 is 22.6 Å². The highest BCUT2D eigenvalue weighted by molar-refractivity contribution is 14.1. The monoisotopic (exact) mass is 327 g/mol. The molecular weight excluding hydrogens is 317 g/mol. The van der Waals surface area contributed by atoms with Gasteiger partial charge >= 0.3 is 0 Å². The maximum atomic E-state index is 5.68. The van der Waals surface area contributed by atoms with Crippen LogP contribution in [0.1, 0.15) is 5.82 Å². The van der Waals surface area contributed by atoms with Gasteiger partial charge in [0, 0.05) is 6.20 Å². The average Bonchev–Trinajstić information content (AvgIpc) is 2.32. The van der Waals surface area contributed by atoms with E-state index in [-0.39, 0.29) is 0 Å². The lowest BCUT2D eigenvalue weighted by atomic mass is 10.3. The molecule has 0 unspecified atom stereocenters. The Hall–Kier alpha value is -1.37. The minimum absolute atomic E-state index is 0.325. The minimum atomic E-state index is 0.325. The number of benzene rings is 1. The third-order valence-electron chi connectivity index (χ3n) is 1.93. The van der Waals surface area contributed by atoms with Gasteiger partial charge in [-0.05, 0) is 34.7 Å². The Morgan fingerprint density at radius 2 is 2.00 bits per heavy atom. The van der Waals surface area contributed by atoms with Crippen LogP contribution in [0, 0.1) is 3.57 Å². The van der Waals surface area contributed by atoms with Gasteiger partial charge in [-0.3, -0.25) is 0 Å². The van der Waals surface area contributed by atoms with E-state index in [1.54, 1.807) is 6.20 Å². The van der Waals surface area contributed by atoms with E-state index in [4.69, 9.17) is 10.5 Å². The van der Waals surface area contributed by atoms with E-state index in [9.17, 15) is 0 Å². The quantitative estimate of drug-likeness (QED) is 0.879. The van der Waals surface area contributed by atoms with Crippen LogP contribution in [0.2, 0.25) is 0 Å². The number of hydrogen-bond acceptors (Lipinski definition) is 4. The summed E-state index contributed by atoms with van der Waals surface area (Å²) in [6.45, 7) is 0.325. The van der Waals surface area contributed by atoms with Crippen molar-refractivity contribution >= 4 is 28.4 Å². The van der Waals surface area contributed by atoms with Crippen molar-refractivity contribution in [1.29, 1.82) is 0 Å². The molecule has 82 valence electrons. The first kappa shape index (κ1) is 11.1. The second-order valence-corrected chi connectivity index (χ2v) is 4.28. The van der Waals surface area contributed by atoms with Crippen LogP contribution in [0.15, 0.2) is 36.5 Å². The van der Waals surface area contributed by atoms with E-state index in [2.05, 4.69) is 32.6 Å². The first-order valence-electron chi connectivity index (χ1n) is 4.70. The van der Waals surface area contributed by atoms with Crippen molar-refractivity contribution in [3.63, 3.8) is 0 Å². The van der Waals surface area contributed by atoms with Gasteiger partial charge < -0.3 is 10.5 Å². The van der Waals surface area contributed by atoms with Gasteiger partial charge in [-0.25, -0.2) is 9.97 Å². The molecule has 2 N–H and O–H groups in total. The van der Waals surface area contributed by atoms with E-state index in [0.717, 1.165) is 9.32 Å². The van der Waals surface area contributed by atoms with E-state index in [1.165, 1.54) is 0 Å². The molecule has 0 atom stereocenters. The number of aromatic nitrogens is 2. The van der Waals surface area contributed by atoms with Crippen LogP contribution in [0.5, 0.6) is 5.75 Å². The van der Waals surface area contributed by atoms with Crippen molar-refractivity contribution in [2.75, 3.05) is 5.73 Å². The highest BCUT2D eigenvalue weighted by Gasteiger charge is 2.02. The summed E-state index contributed by atoms with van der Waals surface area (Å²) >= 11 is 2.09. The van der Waals surface area contributed by atoms with E-state index in [1.807, 2.05) is 30.3 Å². The molecule has 1 heterocycles. The molecule has 0 aliphatic carbocycles. The predicted octanol–water partition coefficient (Wildman–Crippen LogP) is 2.24. The lowest BCUT2D eigenvalue weighted by Gasteiger charge is -2.05. The molecular formula is C11H10IN3O. The number of nitrogens with zero attached hydrogens (tertiary/aromatic N) is 2. The van der Waals surface area contributed by atoms with Gasteiger partial charge in [-0.2, -0.15) is 0 Å². The molecule has 0 aliphatic rings. The topological polar surface area (TPSA) is 61.0 Å². The Morgan fingerprint density at radius 3 is 2.69 bits per heavy atom. The number of hydrogen-bond donors (Lipinski definition) is 1. The average molecular weight is 327 g/mol. The number of rotatable bonds is 3.